The van der Waals surface area contributed by atoms with Gasteiger partial charge in [0.1, 0.15) is 0 Å². The van der Waals surface area contributed by atoms with Gasteiger partial charge < -0.3 is 4.48 Å². The van der Waals surface area contributed by atoms with Gasteiger partial charge in [-0.25, -0.2) is 0 Å². The van der Waals surface area contributed by atoms with E-state index >= 15 is 0 Å². The van der Waals surface area contributed by atoms with Crippen LogP contribution >= 0.6 is 11.6 Å². The molecule has 1 nitrogen and oxygen atoms in total. The third kappa shape index (κ3) is 5.21. The van der Waals surface area contributed by atoms with E-state index in [9.17, 15) is 0 Å². The standard InChI is InChI=1S/C12H27ClN/c1-4-9-14(10-5-2,11-6-3)12-7-8-13/h4-12H2,1-3H3/q+1. The van der Waals surface area contributed by atoms with Gasteiger partial charge in [0.05, 0.1) is 26.2 Å². The zero-order valence-corrected chi connectivity index (χ0v) is 10.9. The number of hydrogen-bond donors (Lipinski definition) is 0. The molecule has 0 radical (unpaired) electrons. The Morgan fingerprint density at radius 3 is 1.50 bits per heavy atom. The summed E-state index contributed by atoms with van der Waals surface area (Å²) >= 11 is 5.80. The van der Waals surface area contributed by atoms with Crippen LogP contribution in [0.5, 0.6) is 0 Å². The van der Waals surface area contributed by atoms with Crippen molar-refractivity contribution in [3.8, 4) is 0 Å². The van der Waals surface area contributed by atoms with Gasteiger partial charge in [0.15, 0.2) is 0 Å². The first-order valence-corrected chi connectivity index (χ1v) is 6.69. The van der Waals surface area contributed by atoms with Crippen molar-refractivity contribution >= 4 is 11.6 Å². The molecule has 0 aliphatic carbocycles. The molecule has 86 valence electrons. The summed E-state index contributed by atoms with van der Waals surface area (Å²) in [6.45, 7) is 12.1. The molecular formula is C12H27ClN+. The van der Waals surface area contributed by atoms with Gasteiger partial charge in [-0.15, -0.1) is 11.6 Å². The largest absolute Gasteiger partial charge is 0.324 e. The molecule has 0 aliphatic rings. The fourth-order valence-corrected chi connectivity index (χ4v) is 2.61. The molecule has 0 aromatic heterocycles. The SMILES string of the molecule is CCC[N+](CCC)(CCC)CCCCl. The van der Waals surface area contributed by atoms with Gasteiger partial charge in [-0.1, -0.05) is 20.8 Å². The minimum atomic E-state index is 0.817. The lowest BCUT2D eigenvalue weighted by atomic mass is 10.2. The Morgan fingerprint density at radius 2 is 1.21 bits per heavy atom. The molecule has 0 atom stereocenters. The highest BCUT2D eigenvalue weighted by atomic mass is 35.5. The topological polar surface area (TPSA) is 0 Å². The van der Waals surface area contributed by atoms with Crippen molar-refractivity contribution in [2.24, 2.45) is 0 Å². The maximum absolute atomic E-state index is 5.80. The summed E-state index contributed by atoms with van der Waals surface area (Å²) in [6, 6.07) is 0. The van der Waals surface area contributed by atoms with Crippen molar-refractivity contribution in [2.75, 3.05) is 32.1 Å². The van der Waals surface area contributed by atoms with E-state index in [0.29, 0.717) is 0 Å². The summed E-state index contributed by atoms with van der Waals surface area (Å²) in [4.78, 5) is 0. The number of halogens is 1. The van der Waals surface area contributed by atoms with Gasteiger partial charge in [-0.3, -0.25) is 0 Å². The van der Waals surface area contributed by atoms with E-state index in [0.717, 1.165) is 5.88 Å². The second-order valence-corrected chi connectivity index (χ2v) is 4.66. The zero-order valence-electron chi connectivity index (χ0n) is 10.2. The van der Waals surface area contributed by atoms with Crippen LogP contribution in [-0.4, -0.2) is 36.5 Å². The summed E-state index contributed by atoms with van der Waals surface area (Å²) in [7, 11) is 0. The molecule has 0 aromatic carbocycles. The molecule has 0 saturated heterocycles. The molecule has 0 aliphatic heterocycles. The Kier molecular flexibility index (Phi) is 8.70. The summed E-state index contributed by atoms with van der Waals surface area (Å²) in [5.74, 6) is 0.817. The molecule has 14 heavy (non-hydrogen) atoms. The molecular weight excluding hydrogens is 194 g/mol. The lowest BCUT2D eigenvalue weighted by Gasteiger charge is -2.38. The summed E-state index contributed by atoms with van der Waals surface area (Å²) in [5, 5.41) is 0. The van der Waals surface area contributed by atoms with Crippen molar-refractivity contribution in [3.05, 3.63) is 0 Å². The second kappa shape index (κ2) is 8.55. The third-order valence-corrected chi connectivity index (χ3v) is 3.13. The van der Waals surface area contributed by atoms with E-state index < -0.39 is 0 Å². The third-order valence-electron chi connectivity index (χ3n) is 2.86. The van der Waals surface area contributed by atoms with Crippen molar-refractivity contribution in [2.45, 2.75) is 46.5 Å². The number of rotatable bonds is 9. The number of alkyl halides is 1. The lowest BCUT2D eigenvalue weighted by Crippen LogP contribution is -2.50. The first-order chi connectivity index (χ1) is 6.74. The van der Waals surface area contributed by atoms with Crippen LogP contribution < -0.4 is 0 Å². The number of hydrogen-bond acceptors (Lipinski definition) is 0. The fourth-order valence-electron chi connectivity index (χ4n) is 2.49. The van der Waals surface area contributed by atoms with Crippen LogP contribution in [0.3, 0.4) is 0 Å². The van der Waals surface area contributed by atoms with Crippen LogP contribution in [0.1, 0.15) is 46.5 Å². The zero-order chi connectivity index (χ0) is 10.9. The maximum atomic E-state index is 5.80. The van der Waals surface area contributed by atoms with E-state index in [-0.39, 0.29) is 0 Å². The van der Waals surface area contributed by atoms with Gasteiger partial charge in [-0.05, 0) is 19.3 Å². The Balaban J connectivity index is 4.21. The molecule has 0 spiro atoms. The highest BCUT2D eigenvalue weighted by Crippen LogP contribution is 2.13. The van der Waals surface area contributed by atoms with Crippen molar-refractivity contribution in [1.29, 1.82) is 0 Å². The maximum Gasteiger partial charge on any atom is 0.0798 e. The van der Waals surface area contributed by atoms with Gasteiger partial charge >= 0.3 is 0 Å². The van der Waals surface area contributed by atoms with Gasteiger partial charge in [0, 0.05) is 12.3 Å². The Hall–Kier alpha value is 0.250. The van der Waals surface area contributed by atoms with Crippen LogP contribution in [0.4, 0.5) is 0 Å². The molecule has 0 fully saturated rings. The fraction of sp³-hybridized carbons (Fsp3) is 1.00. The van der Waals surface area contributed by atoms with E-state index in [1.165, 1.54) is 56.3 Å². The minimum Gasteiger partial charge on any atom is -0.324 e. The highest BCUT2D eigenvalue weighted by molar-refractivity contribution is 6.17. The van der Waals surface area contributed by atoms with Crippen LogP contribution in [0.25, 0.3) is 0 Å². The molecule has 2 heteroatoms. The number of quaternary nitrogens is 1. The molecule has 0 amide bonds. The van der Waals surface area contributed by atoms with Gasteiger partial charge in [-0.2, -0.15) is 0 Å². The van der Waals surface area contributed by atoms with Crippen LogP contribution in [0, 0.1) is 0 Å². The lowest BCUT2D eigenvalue weighted by molar-refractivity contribution is -0.928. The molecule has 0 bridgehead atoms. The average molecular weight is 221 g/mol. The van der Waals surface area contributed by atoms with Crippen molar-refractivity contribution in [1.82, 2.24) is 0 Å². The first-order valence-electron chi connectivity index (χ1n) is 6.15. The predicted octanol–water partition coefficient (Wildman–Crippen LogP) is 3.66. The second-order valence-electron chi connectivity index (χ2n) is 4.28. The summed E-state index contributed by atoms with van der Waals surface area (Å²) < 4.78 is 1.30. The molecule has 0 N–H and O–H groups in total. The smallest absolute Gasteiger partial charge is 0.0798 e. The predicted molar refractivity (Wildman–Crippen MR) is 65.9 cm³/mol. The highest BCUT2D eigenvalue weighted by Gasteiger charge is 2.23. The monoisotopic (exact) mass is 220 g/mol. The van der Waals surface area contributed by atoms with Crippen molar-refractivity contribution in [3.63, 3.8) is 0 Å². The molecule has 0 heterocycles. The Bertz CT molecular complexity index is 108. The van der Waals surface area contributed by atoms with Crippen molar-refractivity contribution < 1.29 is 4.48 Å². The van der Waals surface area contributed by atoms with Crippen LogP contribution in [0.15, 0.2) is 0 Å². The van der Waals surface area contributed by atoms with E-state index in [1.807, 2.05) is 0 Å². The van der Waals surface area contributed by atoms with Crippen LogP contribution in [-0.2, 0) is 0 Å². The van der Waals surface area contributed by atoms with E-state index in [2.05, 4.69) is 20.8 Å². The Morgan fingerprint density at radius 1 is 0.786 bits per heavy atom. The van der Waals surface area contributed by atoms with E-state index in [4.69, 9.17) is 11.6 Å². The van der Waals surface area contributed by atoms with Crippen LogP contribution in [0.2, 0.25) is 0 Å². The van der Waals surface area contributed by atoms with Gasteiger partial charge in [0.2, 0.25) is 0 Å². The molecule has 0 aromatic rings. The minimum absolute atomic E-state index is 0.817. The average Bonchev–Trinajstić information content (AvgIpc) is 2.16. The Labute approximate surface area is 95.0 Å². The quantitative estimate of drug-likeness (QED) is 0.411. The summed E-state index contributed by atoms with van der Waals surface area (Å²) in [6.07, 6.45) is 5.05. The number of nitrogens with zero attached hydrogens (tertiary/aromatic N) is 1. The molecule has 0 rings (SSSR count). The molecule has 0 unspecified atom stereocenters. The summed E-state index contributed by atoms with van der Waals surface area (Å²) in [5.41, 5.74) is 0. The van der Waals surface area contributed by atoms with E-state index in [1.54, 1.807) is 0 Å². The molecule has 0 saturated carbocycles. The normalized spacial score (nSPS) is 12.0. The first kappa shape index (κ1) is 14.2. The van der Waals surface area contributed by atoms with Gasteiger partial charge in [0.25, 0.3) is 0 Å².